The molecule has 0 radical (unpaired) electrons. The van der Waals surface area contributed by atoms with Gasteiger partial charge in [0.15, 0.2) is 0 Å². The molecule has 8 rings (SSSR count). The number of phenolic OH excluding ortho intramolecular Hbond substituents is 2. The van der Waals surface area contributed by atoms with E-state index in [4.69, 9.17) is 4.42 Å². The molecule has 326 valence electrons. The van der Waals surface area contributed by atoms with Crippen LogP contribution in [0.3, 0.4) is 0 Å². The van der Waals surface area contributed by atoms with E-state index in [0.717, 1.165) is 69.0 Å². The lowest BCUT2D eigenvalue weighted by atomic mass is 9.93. The Balaban J connectivity index is 1.32. The second kappa shape index (κ2) is 19.4. The van der Waals surface area contributed by atoms with Crippen LogP contribution >= 0.6 is 23.5 Å². The zero-order valence-corrected chi connectivity index (χ0v) is 38.7. The Kier molecular flexibility index (Phi) is 13.5. The van der Waals surface area contributed by atoms with Crippen LogP contribution in [0.25, 0.3) is 33.4 Å². The van der Waals surface area contributed by atoms with Crippen LogP contribution in [0.15, 0.2) is 165 Å². The highest BCUT2D eigenvalue weighted by atomic mass is 32.2. The smallest absolute Gasteiger partial charge is 0.295 e. The van der Waals surface area contributed by atoms with E-state index in [1.165, 1.54) is 15.9 Å². The van der Waals surface area contributed by atoms with Gasteiger partial charge in [0.2, 0.25) is 11.0 Å². The van der Waals surface area contributed by atoms with Gasteiger partial charge in [-0.2, -0.15) is 13.0 Å². The molecule has 0 unspecified atom stereocenters. The van der Waals surface area contributed by atoms with Gasteiger partial charge in [-0.15, -0.1) is 23.5 Å². The summed E-state index contributed by atoms with van der Waals surface area (Å²) in [5.41, 5.74) is 8.75. The molecule has 0 amide bonds. The van der Waals surface area contributed by atoms with Crippen molar-refractivity contribution in [2.45, 2.75) is 55.2 Å². The Morgan fingerprint density at radius 2 is 1.20 bits per heavy atom. The summed E-state index contributed by atoms with van der Waals surface area (Å²) >= 11 is 3.61. The number of benzene rings is 7. The third-order valence-electron chi connectivity index (χ3n) is 11.3. The molecular weight excluding hydrogens is 857 g/mol. The molecule has 1 heterocycles. The monoisotopic (exact) mass is 907 g/mol. The number of thioether (sulfide) groups is 2. The van der Waals surface area contributed by atoms with Gasteiger partial charge in [-0.05, 0) is 124 Å². The van der Waals surface area contributed by atoms with Crippen LogP contribution in [-0.4, -0.2) is 47.8 Å². The van der Waals surface area contributed by atoms with E-state index in [0.29, 0.717) is 46.5 Å². The molecule has 0 spiro atoms. The molecule has 6 aromatic carbocycles. The SMILES string of the molecule is Cc1cc(O)cc(C)c1N(CCCSc1ccccc1)c1ccc2c(-c3ccccc3S(=O)(=O)O)c3ccc(=[N+](CCCSc4ccccc4)c4c(C)cc(O)cc4C)cc-3oc2c1. The predicted molar refractivity (Wildman–Crippen MR) is 264 cm³/mol. The molecule has 0 bridgehead atoms. The fourth-order valence-electron chi connectivity index (χ4n) is 8.71. The molecule has 1 aliphatic heterocycles. The second-order valence-corrected chi connectivity index (χ2v) is 19.7. The number of nitrogens with zero attached hydrogens (tertiary/aromatic N) is 2. The molecule has 0 fully saturated rings. The molecule has 0 aromatic heterocycles. The number of phenols is 2. The summed E-state index contributed by atoms with van der Waals surface area (Å²) < 4.78 is 45.8. The van der Waals surface area contributed by atoms with Crippen molar-refractivity contribution in [3.05, 3.63) is 173 Å². The van der Waals surface area contributed by atoms with Crippen LogP contribution in [0.2, 0.25) is 0 Å². The number of aromatic hydroxyl groups is 2. The van der Waals surface area contributed by atoms with Crippen molar-refractivity contribution < 1.29 is 27.6 Å². The molecular formula is C53H51N2O6S3+. The number of aryl methyl sites for hydroxylation is 4. The van der Waals surface area contributed by atoms with Gasteiger partial charge in [0, 0.05) is 85.2 Å². The number of hydrogen-bond donors (Lipinski definition) is 3. The van der Waals surface area contributed by atoms with Crippen molar-refractivity contribution in [3.63, 3.8) is 0 Å². The van der Waals surface area contributed by atoms with Crippen LogP contribution in [0.1, 0.15) is 35.1 Å². The van der Waals surface area contributed by atoms with E-state index < -0.39 is 10.1 Å². The molecule has 6 aromatic rings. The number of hydrogen-bond acceptors (Lipinski definition) is 8. The van der Waals surface area contributed by atoms with Gasteiger partial charge in [-0.25, -0.2) is 0 Å². The first-order valence-corrected chi connectivity index (χ1v) is 24.7. The van der Waals surface area contributed by atoms with E-state index >= 15 is 0 Å². The highest BCUT2D eigenvalue weighted by Crippen LogP contribution is 2.44. The van der Waals surface area contributed by atoms with Crippen molar-refractivity contribution in [2.24, 2.45) is 0 Å². The maximum atomic E-state index is 13.0. The fourth-order valence-corrected chi connectivity index (χ4v) is 11.1. The summed E-state index contributed by atoms with van der Waals surface area (Å²) in [6.45, 7) is 9.36. The van der Waals surface area contributed by atoms with Crippen molar-refractivity contribution in [1.29, 1.82) is 0 Å². The molecule has 2 aliphatic rings. The standard InChI is InChI=1S/C53H50N2O6S3/c1-35-29-41(56)30-36(2)52(35)54(25-13-27-62-43-15-7-5-8-16-43)39-21-23-45-48(33-39)61-49-34-40(22-24-46(49)51(45)47-19-11-12-20-50(47)64(58,59)60)55(53-37(3)31-42(57)32-38(53)4)26-14-28-63-44-17-9-6-10-18-44/h5-12,15-24,29-34H,13-14,25-28H2,1-4H3,(H2-,56,57,58,59,60)/p+1. The maximum absolute atomic E-state index is 13.0. The fraction of sp³-hybridized carbons (Fsp3) is 0.189. The Bertz CT molecular complexity index is 3070. The lowest BCUT2D eigenvalue weighted by Crippen LogP contribution is -2.28. The first-order valence-electron chi connectivity index (χ1n) is 21.3. The van der Waals surface area contributed by atoms with Gasteiger partial charge in [-0.1, -0.05) is 54.6 Å². The van der Waals surface area contributed by atoms with Gasteiger partial charge in [-0.3, -0.25) is 4.55 Å². The molecule has 3 N–H and O–H groups in total. The average Bonchev–Trinajstić information content (AvgIpc) is 3.26. The lowest BCUT2D eigenvalue weighted by Gasteiger charge is -2.29. The Morgan fingerprint density at radius 1 is 0.625 bits per heavy atom. The topological polar surface area (TPSA) is 114 Å². The van der Waals surface area contributed by atoms with Gasteiger partial charge in [0.1, 0.15) is 34.3 Å². The average molecular weight is 908 g/mol. The van der Waals surface area contributed by atoms with Gasteiger partial charge in [0.25, 0.3) is 10.1 Å². The van der Waals surface area contributed by atoms with E-state index in [1.54, 1.807) is 42.5 Å². The Morgan fingerprint density at radius 3 is 1.83 bits per heavy atom. The summed E-state index contributed by atoms with van der Waals surface area (Å²) in [6, 6.07) is 46.3. The van der Waals surface area contributed by atoms with Crippen LogP contribution in [-0.2, 0) is 10.1 Å². The van der Waals surface area contributed by atoms with Gasteiger partial charge < -0.3 is 19.5 Å². The van der Waals surface area contributed by atoms with Crippen LogP contribution in [0.4, 0.5) is 17.1 Å². The summed E-state index contributed by atoms with van der Waals surface area (Å²) in [7, 11) is -4.62. The van der Waals surface area contributed by atoms with E-state index in [2.05, 4.69) is 33.7 Å². The molecule has 0 atom stereocenters. The van der Waals surface area contributed by atoms with Gasteiger partial charge in [0.05, 0.1) is 6.07 Å². The molecule has 64 heavy (non-hydrogen) atoms. The normalized spacial score (nSPS) is 12.2. The number of fused-ring (bicyclic) bond motifs is 2. The van der Waals surface area contributed by atoms with Crippen molar-refractivity contribution in [3.8, 4) is 33.9 Å². The van der Waals surface area contributed by atoms with E-state index in [9.17, 15) is 23.2 Å². The number of rotatable bonds is 15. The Labute approximate surface area is 383 Å². The number of anilines is 2. The third-order valence-corrected chi connectivity index (χ3v) is 14.4. The summed E-state index contributed by atoms with van der Waals surface area (Å²) in [6.07, 6.45) is 1.72. The van der Waals surface area contributed by atoms with E-state index in [-0.39, 0.29) is 16.4 Å². The third kappa shape index (κ3) is 9.88. The van der Waals surface area contributed by atoms with Crippen molar-refractivity contribution in [1.82, 2.24) is 4.58 Å². The zero-order valence-electron chi connectivity index (χ0n) is 36.3. The molecule has 0 saturated heterocycles. The van der Waals surface area contributed by atoms with Crippen molar-refractivity contribution in [2.75, 3.05) is 29.5 Å². The predicted octanol–water partition coefficient (Wildman–Crippen LogP) is 12.7. The molecule has 1 aliphatic carbocycles. The molecule has 11 heteroatoms. The van der Waals surface area contributed by atoms with Crippen LogP contribution < -0.4 is 14.8 Å². The summed E-state index contributed by atoms with van der Waals surface area (Å²) in [5, 5.41) is 22.6. The van der Waals surface area contributed by atoms with E-state index in [1.807, 2.05) is 124 Å². The molecule has 0 saturated carbocycles. The quantitative estimate of drug-likeness (QED) is 0.0304. The minimum absolute atomic E-state index is 0.197. The van der Waals surface area contributed by atoms with Crippen molar-refractivity contribution >= 4 is 61.7 Å². The minimum Gasteiger partial charge on any atom is -0.508 e. The summed E-state index contributed by atoms with van der Waals surface area (Å²) in [4.78, 5) is 4.49. The van der Waals surface area contributed by atoms with Crippen LogP contribution in [0.5, 0.6) is 11.5 Å². The highest BCUT2D eigenvalue weighted by molar-refractivity contribution is 7.99. The Hall–Kier alpha value is -5.98. The summed E-state index contributed by atoms with van der Waals surface area (Å²) in [5.74, 6) is 2.72. The highest BCUT2D eigenvalue weighted by Gasteiger charge is 2.26. The first kappa shape index (κ1) is 44.6. The largest absolute Gasteiger partial charge is 0.508 e. The first-order chi connectivity index (χ1) is 30.9. The lowest BCUT2D eigenvalue weighted by molar-refractivity contribution is 0.473. The maximum Gasteiger partial charge on any atom is 0.295 e. The van der Waals surface area contributed by atoms with Crippen LogP contribution in [0, 0.1) is 27.7 Å². The zero-order chi connectivity index (χ0) is 45.0. The molecule has 8 nitrogen and oxygen atoms in total. The minimum atomic E-state index is -4.62. The van der Waals surface area contributed by atoms with Gasteiger partial charge >= 0.3 is 0 Å². The second-order valence-electron chi connectivity index (χ2n) is 16.0.